The molecule has 0 spiro atoms. The Bertz CT molecular complexity index is 527. The number of carboxylic acid groups (broad SMARTS) is 1. The second-order valence-corrected chi connectivity index (χ2v) is 5.60. The van der Waals surface area contributed by atoms with Crippen molar-refractivity contribution in [3.8, 4) is 0 Å². The van der Waals surface area contributed by atoms with E-state index in [1.807, 2.05) is 32.9 Å². The summed E-state index contributed by atoms with van der Waals surface area (Å²) in [7, 11) is 0. The highest BCUT2D eigenvalue weighted by Gasteiger charge is 2.33. The third kappa shape index (κ3) is 2.10. The predicted molar refractivity (Wildman–Crippen MR) is 71.2 cm³/mol. The molecule has 1 aromatic rings. The van der Waals surface area contributed by atoms with E-state index in [0.29, 0.717) is 0 Å². The summed E-state index contributed by atoms with van der Waals surface area (Å²) < 4.78 is 0. The Morgan fingerprint density at radius 2 is 2.06 bits per heavy atom. The molecule has 0 radical (unpaired) electrons. The van der Waals surface area contributed by atoms with Gasteiger partial charge in [0.2, 0.25) is 0 Å². The third-order valence-corrected chi connectivity index (χ3v) is 4.44. The average molecular weight is 265 g/mol. The molecular weight excluding hydrogens is 250 g/mol. The largest absolute Gasteiger partial charge is 0.474 e. The number of fused-ring (bicyclic) bond motifs is 1. The Morgan fingerprint density at radius 3 is 2.67 bits per heavy atom. The van der Waals surface area contributed by atoms with Crippen molar-refractivity contribution in [2.75, 3.05) is 10.7 Å². The molecule has 18 heavy (non-hydrogen) atoms. The van der Waals surface area contributed by atoms with E-state index in [2.05, 4.69) is 0 Å². The van der Waals surface area contributed by atoms with Crippen molar-refractivity contribution in [3.05, 3.63) is 23.3 Å². The van der Waals surface area contributed by atoms with Crippen molar-refractivity contribution >= 4 is 29.3 Å². The van der Waals surface area contributed by atoms with Gasteiger partial charge in [-0.25, -0.2) is 4.79 Å². The van der Waals surface area contributed by atoms with Crippen LogP contribution in [-0.2, 0) is 9.59 Å². The van der Waals surface area contributed by atoms with Crippen LogP contribution in [0.4, 0.5) is 5.69 Å². The van der Waals surface area contributed by atoms with Crippen LogP contribution in [0.1, 0.15) is 18.1 Å². The first kappa shape index (κ1) is 13.0. The molecule has 0 fully saturated rings. The highest BCUT2D eigenvalue weighted by molar-refractivity contribution is 7.99. The lowest BCUT2D eigenvalue weighted by molar-refractivity contribution is -0.149. The molecular formula is C13H15NO3S. The van der Waals surface area contributed by atoms with Crippen molar-refractivity contribution in [1.29, 1.82) is 0 Å². The molecule has 0 saturated heterocycles. The summed E-state index contributed by atoms with van der Waals surface area (Å²) in [6, 6.07) is 3.82. The molecule has 1 aliphatic rings. The summed E-state index contributed by atoms with van der Waals surface area (Å²) in [5.74, 6) is -1.54. The zero-order valence-electron chi connectivity index (χ0n) is 10.6. The van der Waals surface area contributed by atoms with Crippen molar-refractivity contribution in [1.82, 2.24) is 0 Å². The van der Waals surface area contributed by atoms with Crippen LogP contribution in [0.15, 0.2) is 17.0 Å². The van der Waals surface area contributed by atoms with E-state index < -0.39 is 11.9 Å². The van der Waals surface area contributed by atoms with Crippen LogP contribution >= 0.6 is 11.8 Å². The Hall–Kier alpha value is -1.49. The lowest BCUT2D eigenvalue weighted by atomic mass is 10.1. The number of carbonyl (C=O) groups excluding carboxylic acids is 1. The van der Waals surface area contributed by atoms with Gasteiger partial charge in [0.05, 0.1) is 5.69 Å². The first-order chi connectivity index (χ1) is 8.41. The summed E-state index contributed by atoms with van der Waals surface area (Å²) in [5, 5.41) is 8.92. The van der Waals surface area contributed by atoms with Crippen LogP contribution < -0.4 is 4.90 Å². The molecule has 1 unspecified atom stereocenters. The minimum Gasteiger partial charge on any atom is -0.474 e. The van der Waals surface area contributed by atoms with Crippen LogP contribution in [-0.4, -0.2) is 28.8 Å². The summed E-state index contributed by atoms with van der Waals surface area (Å²) in [5.41, 5.74) is 2.85. The highest BCUT2D eigenvalue weighted by atomic mass is 32.2. The lowest BCUT2D eigenvalue weighted by Gasteiger charge is -2.34. The summed E-state index contributed by atoms with van der Waals surface area (Å²) in [6.45, 7) is 5.80. The lowest BCUT2D eigenvalue weighted by Crippen LogP contribution is -2.46. The van der Waals surface area contributed by atoms with Crippen molar-refractivity contribution in [2.24, 2.45) is 0 Å². The average Bonchev–Trinajstić information content (AvgIpc) is 2.27. The van der Waals surface area contributed by atoms with E-state index in [4.69, 9.17) is 5.11 Å². The number of hydrogen-bond donors (Lipinski definition) is 1. The number of benzene rings is 1. The molecule has 1 N–H and O–H groups in total. The van der Waals surface area contributed by atoms with Crippen molar-refractivity contribution in [3.63, 3.8) is 0 Å². The number of aryl methyl sites for hydroxylation is 2. The number of thioether (sulfide) groups is 1. The molecule has 96 valence electrons. The van der Waals surface area contributed by atoms with E-state index in [9.17, 15) is 9.59 Å². The number of carboxylic acids is 1. The van der Waals surface area contributed by atoms with Gasteiger partial charge >= 0.3 is 11.9 Å². The Kier molecular flexibility index (Phi) is 3.34. The first-order valence-electron chi connectivity index (χ1n) is 5.72. The van der Waals surface area contributed by atoms with Crippen LogP contribution in [0.5, 0.6) is 0 Å². The molecule has 0 aromatic heterocycles. The fourth-order valence-electron chi connectivity index (χ4n) is 2.23. The number of carbonyl (C=O) groups is 2. The van der Waals surface area contributed by atoms with E-state index in [1.165, 1.54) is 4.90 Å². The van der Waals surface area contributed by atoms with Crippen LogP contribution in [0.25, 0.3) is 0 Å². The highest BCUT2D eigenvalue weighted by Crippen LogP contribution is 2.40. The van der Waals surface area contributed by atoms with Gasteiger partial charge in [0.25, 0.3) is 0 Å². The van der Waals surface area contributed by atoms with Gasteiger partial charge in [-0.3, -0.25) is 9.69 Å². The van der Waals surface area contributed by atoms with Gasteiger partial charge in [-0.2, -0.15) is 0 Å². The first-order valence-corrected chi connectivity index (χ1v) is 6.71. The zero-order chi connectivity index (χ0) is 13.4. The minimum absolute atomic E-state index is 0.104. The van der Waals surface area contributed by atoms with E-state index in [1.54, 1.807) is 11.8 Å². The smallest absolute Gasteiger partial charge is 0.394 e. The molecule has 1 amide bonds. The Labute approximate surface area is 110 Å². The van der Waals surface area contributed by atoms with Gasteiger partial charge in [-0.05, 0) is 38.0 Å². The number of hydrogen-bond acceptors (Lipinski definition) is 3. The molecule has 0 saturated carbocycles. The zero-order valence-corrected chi connectivity index (χ0v) is 11.4. The number of nitrogens with zero attached hydrogens (tertiary/aromatic N) is 1. The van der Waals surface area contributed by atoms with Gasteiger partial charge in [0, 0.05) is 16.7 Å². The van der Waals surface area contributed by atoms with Gasteiger partial charge in [-0.15, -0.1) is 11.8 Å². The van der Waals surface area contributed by atoms with E-state index in [0.717, 1.165) is 27.5 Å². The standard InChI is InChI=1S/C13H15NO3S/c1-7-4-8(2)11-10(5-7)14(9(3)6-18-11)12(15)13(16)17/h4-5,9H,6H2,1-3H3,(H,16,17). The summed E-state index contributed by atoms with van der Waals surface area (Å²) in [6.07, 6.45) is 0. The molecule has 5 heteroatoms. The Morgan fingerprint density at radius 1 is 1.39 bits per heavy atom. The maximum Gasteiger partial charge on any atom is 0.394 e. The maximum absolute atomic E-state index is 11.8. The van der Waals surface area contributed by atoms with Crippen molar-refractivity contribution < 1.29 is 14.7 Å². The van der Waals surface area contributed by atoms with E-state index >= 15 is 0 Å². The van der Waals surface area contributed by atoms with Gasteiger partial charge < -0.3 is 5.11 Å². The Balaban J connectivity index is 2.57. The monoisotopic (exact) mass is 265 g/mol. The third-order valence-electron chi connectivity index (χ3n) is 2.97. The predicted octanol–water partition coefficient (Wildman–Crippen LogP) is 2.22. The number of amides is 1. The normalized spacial score (nSPS) is 18.4. The minimum atomic E-state index is -1.40. The molecule has 4 nitrogen and oxygen atoms in total. The molecule has 1 aliphatic heterocycles. The number of anilines is 1. The maximum atomic E-state index is 11.8. The molecule has 0 bridgehead atoms. The summed E-state index contributed by atoms with van der Waals surface area (Å²) in [4.78, 5) is 25.1. The fraction of sp³-hybridized carbons (Fsp3) is 0.385. The van der Waals surface area contributed by atoms with Crippen LogP contribution in [0, 0.1) is 13.8 Å². The second kappa shape index (κ2) is 4.65. The SMILES string of the molecule is Cc1cc(C)c2c(c1)N(C(=O)C(=O)O)C(C)CS2. The fourth-order valence-corrected chi connectivity index (χ4v) is 3.38. The van der Waals surface area contributed by atoms with E-state index in [-0.39, 0.29) is 6.04 Å². The van der Waals surface area contributed by atoms with Crippen LogP contribution in [0.2, 0.25) is 0 Å². The van der Waals surface area contributed by atoms with Gasteiger partial charge in [0.15, 0.2) is 0 Å². The quantitative estimate of drug-likeness (QED) is 0.731. The number of rotatable bonds is 0. The van der Waals surface area contributed by atoms with Crippen molar-refractivity contribution in [2.45, 2.75) is 31.7 Å². The van der Waals surface area contributed by atoms with Crippen LogP contribution in [0.3, 0.4) is 0 Å². The molecule has 0 aliphatic carbocycles. The summed E-state index contributed by atoms with van der Waals surface area (Å²) >= 11 is 1.68. The number of aliphatic carboxylic acids is 1. The molecule has 1 atom stereocenters. The second-order valence-electron chi connectivity index (χ2n) is 4.57. The molecule has 2 rings (SSSR count). The molecule has 1 aromatic carbocycles. The van der Waals surface area contributed by atoms with Gasteiger partial charge in [0.1, 0.15) is 0 Å². The molecule has 1 heterocycles. The van der Waals surface area contributed by atoms with Gasteiger partial charge in [-0.1, -0.05) is 6.07 Å². The topological polar surface area (TPSA) is 57.6 Å².